The van der Waals surface area contributed by atoms with Crippen LogP contribution < -0.4 is 0 Å². The topological polar surface area (TPSA) is 12.5 Å². The van der Waals surface area contributed by atoms with Crippen LogP contribution >= 0.6 is 35.6 Å². The Balaban J connectivity index is 1.81. The Kier molecular flexibility index (Phi) is 7.45. The zero-order valence-electron chi connectivity index (χ0n) is 17.7. The Morgan fingerprint density at radius 2 is 1.62 bits per heavy atom. The van der Waals surface area contributed by atoms with Crippen LogP contribution in [0.25, 0.3) is 0 Å². The molecule has 2 nitrogen and oxygen atoms in total. The molecule has 1 atom stereocenters. The van der Waals surface area contributed by atoms with Gasteiger partial charge in [-0.25, -0.2) is 0 Å². The van der Waals surface area contributed by atoms with E-state index >= 15 is 0 Å². The zero-order chi connectivity index (χ0) is 21.1. The van der Waals surface area contributed by atoms with Crippen LogP contribution in [0.2, 0.25) is 5.02 Å². The molecule has 3 rings (SSSR count). The predicted molar refractivity (Wildman–Crippen MR) is 130 cm³/mol. The van der Waals surface area contributed by atoms with Crippen LogP contribution in [0.3, 0.4) is 0 Å². The first-order chi connectivity index (χ1) is 13.7. The van der Waals surface area contributed by atoms with Gasteiger partial charge in [0.25, 0.3) is 0 Å². The van der Waals surface area contributed by atoms with E-state index in [0.29, 0.717) is 0 Å². The van der Waals surface area contributed by atoms with E-state index < -0.39 is 0 Å². The highest BCUT2D eigenvalue weighted by Gasteiger charge is 2.43. The maximum atomic E-state index is 6.74. The lowest BCUT2D eigenvalue weighted by Crippen LogP contribution is -2.58. The van der Waals surface area contributed by atoms with E-state index in [-0.39, 0.29) is 17.2 Å². The lowest BCUT2D eigenvalue weighted by Gasteiger charge is -2.52. The minimum Gasteiger partial charge on any atom is -0.289 e. The van der Waals surface area contributed by atoms with E-state index in [0.717, 1.165) is 38.9 Å². The molecule has 5 heteroatoms. The molecule has 1 heterocycles. The van der Waals surface area contributed by atoms with E-state index in [1.165, 1.54) is 6.42 Å². The SMILES string of the molecule is CC1(C)CCCC(C)(C)N1OC(CSC(=S)c1ccccc1)c1ccc(Cl)cc1. The van der Waals surface area contributed by atoms with Crippen molar-refractivity contribution in [2.24, 2.45) is 0 Å². The predicted octanol–water partition coefficient (Wildman–Crippen LogP) is 7.46. The van der Waals surface area contributed by atoms with Gasteiger partial charge in [-0.1, -0.05) is 66.3 Å². The van der Waals surface area contributed by atoms with E-state index in [1.54, 1.807) is 11.8 Å². The first kappa shape index (κ1) is 22.8. The number of hydroxylamine groups is 2. The second-order valence-corrected chi connectivity index (χ2v) is 11.0. The molecule has 0 aliphatic carbocycles. The summed E-state index contributed by atoms with van der Waals surface area (Å²) in [5, 5.41) is 2.97. The van der Waals surface area contributed by atoms with Gasteiger partial charge in [0, 0.05) is 21.9 Å². The summed E-state index contributed by atoms with van der Waals surface area (Å²) in [5.74, 6) is 0.748. The highest BCUT2D eigenvalue weighted by atomic mass is 35.5. The highest BCUT2D eigenvalue weighted by molar-refractivity contribution is 8.23. The van der Waals surface area contributed by atoms with Gasteiger partial charge >= 0.3 is 0 Å². The fraction of sp³-hybridized carbons (Fsp3) is 0.458. The summed E-state index contributed by atoms with van der Waals surface area (Å²) in [5.41, 5.74) is 2.17. The van der Waals surface area contributed by atoms with Crippen molar-refractivity contribution in [1.29, 1.82) is 0 Å². The smallest absolute Gasteiger partial charge is 0.114 e. The Bertz CT molecular complexity index is 805. The first-order valence-electron chi connectivity index (χ1n) is 10.1. The summed E-state index contributed by atoms with van der Waals surface area (Å²) >= 11 is 13.5. The number of hydrogen-bond acceptors (Lipinski definition) is 4. The summed E-state index contributed by atoms with van der Waals surface area (Å²) in [6, 6.07) is 18.2. The summed E-state index contributed by atoms with van der Waals surface area (Å²) in [6.45, 7) is 9.09. The molecule has 1 fully saturated rings. The summed E-state index contributed by atoms with van der Waals surface area (Å²) in [7, 11) is 0. The van der Waals surface area contributed by atoms with Crippen molar-refractivity contribution < 1.29 is 4.84 Å². The van der Waals surface area contributed by atoms with Crippen molar-refractivity contribution >= 4 is 39.8 Å². The Morgan fingerprint density at radius 1 is 1.03 bits per heavy atom. The van der Waals surface area contributed by atoms with Gasteiger partial charge in [0.05, 0.1) is 4.20 Å². The van der Waals surface area contributed by atoms with Crippen LogP contribution in [0.15, 0.2) is 54.6 Å². The molecule has 1 aliphatic rings. The number of halogens is 1. The largest absolute Gasteiger partial charge is 0.289 e. The quantitative estimate of drug-likeness (QED) is 0.425. The molecule has 2 aromatic carbocycles. The maximum absolute atomic E-state index is 6.74. The molecular weight excluding hydrogens is 418 g/mol. The average Bonchev–Trinajstić information content (AvgIpc) is 2.68. The van der Waals surface area contributed by atoms with Crippen LogP contribution in [-0.2, 0) is 4.84 Å². The van der Waals surface area contributed by atoms with Gasteiger partial charge < -0.3 is 0 Å². The van der Waals surface area contributed by atoms with Gasteiger partial charge in [-0.3, -0.25) is 4.84 Å². The molecule has 0 radical (unpaired) electrons. The first-order valence-corrected chi connectivity index (χ1v) is 11.9. The summed E-state index contributed by atoms with van der Waals surface area (Å²) in [4.78, 5) is 6.74. The highest BCUT2D eigenvalue weighted by Crippen LogP contribution is 2.41. The van der Waals surface area contributed by atoms with Crippen molar-refractivity contribution in [2.45, 2.75) is 64.1 Å². The standard InChI is InChI=1S/C24H30ClNOS2/c1-23(2)15-8-16-24(3,4)26(23)27-21(18-11-13-20(25)14-12-18)17-29-22(28)19-9-6-5-7-10-19/h5-7,9-14,21H,8,15-17H2,1-4H3. The number of hydrogen-bond donors (Lipinski definition) is 0. The molecule has 1 aliphatic heterocycles. The second kappa shape index (κ2) is 9.49. The minimum atomic E-state index is -0.101. The molecule has 0 saturated carbocycles. The van der Waals surface area contributed by atoms with Crippen LogP contribution in [0.5, 0.6) is 0 Å². The molecule has 1 saturated heterocycles. The van der Waals surface area contributed by atoms with Crippen LogP contribution in [0.4, 0.5) is 0 Å². The van der Waals surface area contributed by atoms with Crippen molar-refractivity contribution in [2.75, 3.05) is 5.75 Å². The number of benzene rings is 2. The van der Waals surface area contributed by atoms with Gasteiger partial charge in [0.2, 0.25) is 0 Å². The van der Waals surface area contributed by atoms with E-state index in [9.17, 15) is 0 Å². The van der Waals surface area contributed by atoms with Crippen molar-refractivity contribution in [1.82, 2.24) is 5.06 Å². The normalized spacial score (nSPS) is 19.6. The van der Waals surface area contributed by atoms with Gasteiger partial charge in [-0.2, -0.15) is 5.06 Å². The number of rotatable bonds is 6. The lowest BCUT2D eigenvalue weighted by molar-refractivity contribution is -0.303. The zero-order valence-corrected chi connectivity index (χ0v) is 20.0. The summed E-state index contributed by atoms with van der Waals surface area (Å²) in [6.07, 6.45) is 3.37. The third-order valence-corrected chi connectivity index (χ3v) is 7.34. The Hall–Kier alpha value is -0.910. The van der Waals surface area contributed by atoms with Crippen molar-refractivity contribution in [3.05, 3.63) is 70.7 Å². The molecule has 156 valence electrons. The van der Waals surface area contributed by atoms with Crippen molar-refractivity contribution in [3.63, 3.8) is 0 Å². The number of piperidine rings is 1. The van der Waals surface area contributed by atoms with Gasteiger partial charge in [0.15, 0.2) is 0 Å². The minimum absolute atomic E-state index is 0.0168. The molecule has 0 amide bonds. The van der Waals surface area contributed by atoms with E-state index in [1.807, 2.05) is 30.3 Å². The van der Waals surface area contributed by atoms with Gasteiger partial charge in [0.1, 0.15) is 6.10 Å². The molecule has 2 aromatic rings. The van der Waals surface area contributed by atoms with Gasteiger partial charge in [-0.05, 0) is 70.2 Å². The molecule has 1 unspecified atom stereocenters. The van der Waals surface area contributed by atoms with Gasteiger partial charge in [-0.15, -0.1) is 11.8 Å². The van der Waals surface area contributed by atoms with Crippen molar-refractivity contribution in [3.8, 4) is 0 Å². The molecule has 0 N–H and O–H groups in total. The second-order valence-electron chi connectivity index (χ2n) is 8.88. The van der Waals surface area contributed by atoms with E-state index in [2.05, 4.69) is 57.0 Å². The third kappa shape index (κ3) is 5.83. The average molecular weight is 448 g/mol. The number of nitrogens with zero attached hydrogens (tertiary/aromatic N) is 1. The number of thiocarbonyl (C=S) groups is 1. The lowest BCUT2D eigenvalue weighted by atomic mass is 9.82. The van der Waals surface area contributed by atoms with Crippen LogP contribution in [0, 0.1) is 0 Å². The van der Waals surface area contributed by atoms with Crippen LogP contribution in [0.1, 0.15) is 64.2 Å². The molecule has 29 heavy (non-hydrogen) atoms. The summed E-state index contributed by atoms with van der Waals surface area (Å²) < 4.78 is 0.894. The fourth-order valence-corrected chi connectivity index (χ4v) is 5.39. The monoisotopic (exact) mass is 447 g/mol. The molecule has 0 bridgehead atoms. The third-order valence-electron chi connectivity index (χ3n) is 5.53. The molecular formula is C24H30ClNOS2. The maximum Gasteiger partial charge on any atom is 0.114 e. The van der Waals surface area contributed by atoms with Crippen LogP contribution in [-0.4, -0.2) is 26.1 Å². The van der Waals surface area contributed by atoms with E-state index in [4.69, 9.17) is 28.7 Å². The Morgan fingerprint density at radius 3 is 2.21 bits per heavy atom. The Labute approximate surface area is 189 Å². The fourth-order valence-electron chi connectivity index (χ4n) is 4.06. The number of thioether (sulfide) groups is 1. The molecule has 0 aromatic heterocycles. The molecule has 0 spiro atoms.